The van der Waals surface area contributed by atoms with Gasteiger partial charge in [0.1, 0.15) is 10.7 Å². The maximum absolute atomic E-state index is 6.27. The van der Waals surface area contributed by atoms with Crippen LogP contribution < -0.4 is 0 Å². The summed E-state index contributed by atoms with van der Waals surface area (Å²) in [5.74, 6) is 0. The van der Waals surface area contributed by atoms with Crippen LogP contribution in [-0.4, -0.2) is 14.8 Å². The van der Waals surface area contributed by atoms with Gasteiger partial charge in [-0.1, -0.05) is 48.0 Å². The average Bonchev–Trinajstić information content (AvgIpc) is 2.94. The van der Waals surface area contributed by atoms with Crippen molar-refractivity contribution in [3.05, 3.63) is 65.9 Å². The highest BCUT2D eigenvalue weighted by Gasteiger charge is 2.11. The molecule has 0 spiro atoms. The molecule has 4 heteroatoms. The largest absolute Gasteiger partial charge is 0.240 e. The predicted molar refractivity (Wildman–Crippen MR) is 81.4 cm³/mol. The van der Waals surface area contributed by atoms with E-state index in [4.69, 9.17) is 11.6 Å². The van der Waals surface area contributed by atoms with E-state index in [2.05, 4.69) is 10.1 Å². The zero-order valence-electron chi connectivity index (χ0n) is 10.5. The number of pyridine rings is 1. The molecule has 0 unspecified atom stereocenters. The third-order valence-corrected chi connectivity index (χ3v) is 3.62. The molecule has 0 saturated carbocycles. The molecule has 0 radical (unpaired) electrons. The van der Waals surface area contributed by atoms with Crippen molar-refractivity contribution in [1.29, 1.82) is 0 Å². The van der Waals surface area contributed by atoms with E-state index in [0.29, 0.717) is 5.15 Å². The number of rotatable bonds is 1. The SMILES string of the molecule is Clc1nc2ccccc2c2nn(-c3ccccc3)cc12. The maximum atomic E-state index is 6.27. The number of hydrogen-bond donors (Lipinski definition) is 0. The lowest BCUT2D eigenvalue weighted by Crippen LogP contribution is -1.92. The molecule has 0 saturated heterocycles. The van der Waals surface area contributed by atoms with Crippen molar-refractivity contribution in [3.63, 3.8) is 0 Å². The molecule has 3 nitrogen and oxygen atoms in total. The third kappa shape index (κ3) is 1.67. The summed E-state index contributed by atoms with van der Waals surface area (Å²) in [6.07, 6.45) is 1.92. The van der Waals surface area contributed by atoms with Crippen LogP contribution in [0.2, 0.25) is 5.15 Å². The normalized spacial score (nSPS) is 11.2. The van der Waals surface area contributed by atoms with E-state index in [1.165, 1.54) is 0 Å². The molecule has 2 aromatic heterocycles. The van der Waals surface area contributed by atoms with Gasteiger partial charge in [-0.25, -0.2) is 9.67 Å². The topological polar surface area (TPSA) is 30.7 Å². The summed E-state index contributed by atoms with van der Waals surface area (Å²) < 4.78 is 1.84. The van der Waals surface area contributed by atoms with E-state index < -0.39 is 0 Å². The third-order valence-electron chi connectivity index (χ3n) is 3.34. The van der Waals surface area contributed by atoms with Crippen molar-refractivity contribution >= 4 is 33.4 Å². The van der Waals surface area contributed by atoms with Crippen LogP contribution in [-0.2, 0) is 0 Å². The Morgan fingerprint density at radius 1 is 0.850 bits per heavy atom. The number of nitrogens with zero attached hydrogens (tertiary/aromatic N) is 3. The van der Waals surface area contributed by atoms with Crippen LogP contribution in [0.25, 0.3) is 27.5 Å². The highest BCUT2D eigenvalue weighted by Crippen LogP contribution is 2.28. The van der Waals surface area contributed by atoms with Crippen molar-refractivity contribution in [3.8, 4) is 5.69 Å². The number of para-hydroxylation sites is 2. The lowest BCUT2D eigenvalue weighted by atomic mass is 10.2. The maximum Gasteiger partial charge on any atom is 0.140 e. The molecule has 0 N–H and O–H groups in total. The van der Waals surface area contributed by atoms with Crippen LogP contribution in [0.4, 0.5) is 0 Å². The molecular weight excluding hydrogens is 270 g/mol. The molecule has 4 rings (SSSR count). The van der Waals surface area contributed by atoms with Gasteiger partial charge in [0, 0.05) is 11.6 Å². The number of aromatic nitrogens is 3. The van der Waals surface area contributed by atoms with E-state index in [-0.39, 0.29) is 0 Å². The molecule has 4 aromatic rings. The molecular formula is C16H10ClN3. The second-order valence-corrected chi connectivity index (χ2v) is 4.95. The van der Waals surface area contributed by atoms with Gasteiger partial charge in [0.15, 0.2) is 0 Å². The smallest absolute Gasteiger partial charge is 0.140 e. The van der Waals surface area contributed by atoms with Gasteiger partial charge >= 0.3 is 0 Å². The molecule has 96 valence electrons. The minimum atomic E-state index is 0.487. The van der Waals surface area contributed by atoms with Gasteiger partial charge in [0.2, 0.25) is 0 Å². The van der Waals surface area contributed by atoms with Gasteiger partial charge in [-0.05, 0) is 18.2 Å². The fourth-order valence-corrected chi connectivity index (χ4v) is 2.60. The summed E-state index contributed by atoms with van der Waals surface area (Å²) in [6.45, 7) is 0. The van der Waals surface area contributed by atoms with Gasteiger partial charge in [-0.3, -0.25) is 0 Å². The first kappa shape index (κ1) is 11.4. The molecule has 0 bridgehead atoms. The monoisotopic (exact) mass is 279 g/mol. The molecule has 2 aromatic carbocycles. The van der Waals surface area contributed by atoms with Crippen molar-refractivity contribution in [2.75, 3.05) is 0 Å². The fraction of sp³-hybridized carbons (Fsp3) is 0. The highest BCUT2D eigenvalue weighted by molar-refractivity contribution is 6.35. The van der Waals surface area contributed by atoms with E-state index >= 15 is 0 Å². The van der Waals surface area contributed by atoms with E-state index in [9.17, 15) is 0 Å². The van der Waals surface area contributed by atoms with Gasteiger partial charge in [0.25, 0.3) is 0 Å². The minimum absolute atomic E-state index is 0.487. The highest BCUT2D eigenvalue weighted by atomic mass is 35.5. The summed E-state index contributed by atoms with van der Waals surface area (Å²) in [4.78, 5) is 4.42. The van der Waals surface area contributed by atoms with Crippen molar-refractivity contribution in [1.82, 2.24) is 14.8 Å². The zero-order valence-corrected chi connectivity index (χ0v) is 11.2. The second-order valence-electron chi connectivity index (χ2n) is 4.59. The number of halogens is 1. The van der Waals surface area contributed by atoms with Gasteiger partial charge < -0.3 is 0 Å². The zero-order chi connectivity index (χ0) is 13.5. The second kappa shape index (κ2) is 4.32. The summed E-state index contributed by atoms with van der Waals surface area (Å²) in [6, 6.07) is 17.9. The van der Waals surface area contributed by atoms with E-state index in [1.54, 1.807) is 0 Å². The van der Waals surface area contributed by atoms with Crippen molar-refractivity contribution < 1.29 is 0 Å². The Balaban J connectivity index is 2.08. The minimum Gasteiger partial charge on any atom is -0.240 e. The molecule has 0 amide bonds. The Morgan fingerprint density at radius 2 is 1.60 bits per heavy atom. The Hall–Kier alpha value is -2.39. The van der Waals surface area contributed by atoms with Crippen LogP contribution in [0.3, 0.4) is 0 Å². The Morgan fingerprint density at radius 3 is 2.45 bits per heavy atom. The number of hydrogen-bond acceptors (Lipinski definition) is 2. The van der Waals surface area contributed by atoms with Crippen LogP contribution in [0.5, 0.6) is 0 Å². The summed E-state index contributed by atoms with van der Waals surface area (Å²) in [5.41, 5.74) is 2.75. The Bertz CT molecular complexity index is 913. The molecule has 0 aliphatic carbocycles. The first-order chi connectivity index (χ1) is 9.83. The lowest BCUT2D eigenvalue weighted by molar-refractivity contribution is 0.898. The van der Waals surface area contributed by atoms with Gasteiger partial charge in [-0.2, -0.15) is 5.10 Å². The number of benzene rings is 2. The van der Waals surface area contributed by atoms with Gasteiger partial charge in [-0.15, -0.1) is 0 Å². The van der Waals surface area contributed by atoms with Crippen LogP contribution >= 0.6 is 11.6 Å². The van der Waals surface area contributed by atoms with E-state index in [1.807, 2.05) is 65.5 Å². The summed E-state index contributed by atoms with van der Waals surface area (Å²) in [7, 11) is 0. The van der Waals surface area contributed by atoms with Crippen LogP contribution in [0, 0.1) is 0 Å². The summed E-state index contributed by atoms with van der Waals surface area (Å²) >= 11 is 6.27. The molecule has 0 aliphatic rings. The quantitative estimate of drug-likeness (QED) is 0.488. The lowest BCUT2D eigenvalue weighted by Gasteiger charge is -1.99. The molecule has 0 atom stereocenters. The molecule has 2 heterocycles. The molecule has 20 heavy (non-hydrogen) atoms. The fourth-order valence-electron chi connectivity index (χ4n) is 2.37. The summed E-state index contributed by atoms with van der Waals surface area (Å²) in [5, 5.41) is 7.04. The van der Waals surface area contributed by atoms with Crippen molar-refractivity contribution in [2.45, 2.75) is 0 Å². The van der Waals surface area contributed by atoms with Gasteiger partial charge in [0.05, 0.1) is 16.6 Å². The molecule has 0 fully saturated rings. The standard InChI is InChI=1S/C16H10ClN3/c17-16-13-10-20(11-6-2-1-3-7-11)19-15(13)12-8-4-5-9-14(12)18-16/h1-10H. The Labute approximate surface area is 120 Å². The first-order valence-corrected chi connectivity index (χ1v) is 6.70. The molecule has 0 aliphatic heterocycles. The van der Waals surface area contributed by atoms with Crippen LogP contribution in [0.15, 0.2) is 60.8 Å². The number of fused-ring (bicyclic) bond motifs is 3. The van der Waals surface area contributed by atoms with Crippen molar-refractivity contribution in [2.24, 2.45) is 0 Å². The predicted octanol–water partition coefficient (Wildman–Crippen LogP) is 4.23. The van der Waals surface area contributed by atoms with E-state index in [0.717, 1.165) is 27.5 Å². The Kier molecular flexibility index (Phi) is 2.47. The van der Waals surface area contributed by atoms with Crippen LogP contribution in [0.1, 0.15) is 0 Å². The average molecular weight is 280 g/mol. The first-order valence-electron chi connectivity index (χ1n) is 6.32.